The van der Waals surface area contributed by atoms with Crippen LogP contribution in [0.2, 0.25) is 0 Å². The van der Waals surface area contributed by atoms with Crippen LogP contribution >= 0.6 is 12.4 Å². The lowest BCUT2D eigenvalue weighted by molar-refractivity contribution is -0.149. The third-order valence-electron chi connectivity index (χ3n) is 4.79. The SMILES string of the molecule is COC(CN1CCOCC1)C(C(=O)O)n1oc(-c2ccccc2)c(C)c1=O.Cl. The van der Waals surface area contributed by atoms with Gasteiger partial charge in [0.25, 0.3) is 5.56 Å². The van der Waals surface area contributed by atoms with E-state index in [0.717, 1.165) is 10.3 Å². The van der Waals surface area contributed by atoms with Crippen LogP contribution in [0, 0.1) is 6.92 Å². The molecule has 2 atom stereocenters. The largest absolute Gasteiger partial charge is 0.480 e. The maximum atomic E-state index is 12.7. The number of halogens is 1. The van der Waals surface area contributed by atoms with E-state index in [1.165, 1.54) is 7.11 Å². The summed E-state index contributed by atoms with van der Waals surface area (Å²) in [6.45, 7) is 4.55. The van der Waals surface area contributed by atoms with Crippen LogP contribution in [0.25, 0.3) is 11.3 Å². The van der Waals surface area contributed by atoms with Gasteiger partial charge in [0.15, 0.2) is 11.8 Å². The Morgan fingerprint density at radius 3 is 2.46 bits per heavy atom. The molecule has 0 radical (unpaired) electrons. The maximum absolute atomic E-state index is 12.7. The standard InChI is InChI=1S/C19H24N2O6.ClH/c1-13-17(14-6-4-3-5-7-14)27-21(18(13)22)16(19(23)24)15(25-2)12-20-8-10-26-11-9-20;/h3-7,15-16H,8-12H2,1-2H3,(H,23,24);1H. The first-order valence-corrected chi connectivity index (χ1v) is 8.86. The van der Waals surface area contributed by atoms with Gasteiger partial charge >= 0.3 is 5.97 Å². The fourth-order valence-corrected chi connectivity index (χ4v) is 3.26. The minimum Gasteiger partial charge on any atom is -0.480 e. The Balaban J connectivity index is 0.00000280. The van der Waals surface area contributed by atoms with Gasteiger partial charge in [0.2, 0.25) is 0 Å². The predicted molar refractivity (Wildman–Crippen MR) is 105 cm³/mol. The minimum atomic E-state index is -1.26. The summed E-state index contributed by atoms with van der Waals surface area (Å²) < 4.78 is 17.4. The molecule has 1 N–H and O–H groups in total. The molecular weight excluding hydrogens is 388 g/mol. The second kappa shape index (κ2) is 9.88. The number of hydrogen-bond donors (Lipinski definition) is 1. The Labute approximate surface area is 169 Å². The third-order valence-corrected chi connectivity index (χ3v) is 4.79. The molecule has 1 aromatic heterocycles. The molecule has 3 rings (SSSR count). The summed E-state index contributed by atoms with van der Waals surface area (Å²) in [7, 11) is 1.44. The summed E-state index contributed by atoms with van der Waals surface area (Å²) in [6, 6.07) is 7.88. The van der Waals surface area contributed by atoms with Crippen LogP contribution in [-0.4, -0.2) is 66.8 Å². The Hall–Kier alpha value is -2.13. The highest BCUT2D eigenvalue weighted by molar-refractivity contribution is 5.85. The molecule has 1 aliphatic rings. The lowest BCUT2D eigenvalue weighted by atomic mass is 10.1. The fraction of sp³-hybridized carbons (Fsp3) is 0.474. The molecule has 0 saturated carbocycles. The van der Waals surface area contributed by atoms with Gasteiger partial charge in [-0.2, -0.15) is 4.74 Å². The lowest BCUT2D eigenvalue weighted by Gasteiger charge is -2.31. The fourth-order valence-electron chi connectivity index (χ4n) is 3.26. The van der Waals surface area contributed by atoms with E-state index in [0.29, 0.717) is 44.2 Å². The molecule has 2 heterocycles. The monoisotopic (exact) mass is 412 g/mol. The highest BCUT2D eigenvalue weighted by atomic mass is 35.5. The van der Waals surface area contributed by atoms with E-state index in [1.54, 1.807) is 6.92 Å². The highest BCUT2D eigenvalue weighted by Crippen LogP contribution is 2.25. The zero-order valence-corrected chi connectivity index (χ0v) is 16.7. The van der Waals surface area contributed by atoms with Gasteiger partial charge in [-0.3, -0.25) is 9.69 Å². The smallest absolute Gasteiger partial charge is 0.332 e. The quantitative estimate of drug-likeness (QED) is 0.741. The molecule has 0 spiro atoms. The van der Waals surface area contributed by atoms with Crippen LogP contribution in [0.15, 0.2) is 39.6 Å². The second-order valence-electron chi connectivity index (χ2n) is 6.51. The molecule has 0 amide bonds. The van der Waals surface area contributed by atoms with Crippen molar-refractivity contribution < 1.29 is 23.9 Å². The van der Waals surface area contributed by atoms with E-state index < -0.39 is 23.7 Å². The summed E-state index contributed by atoms with van der Waals surface area (Å²) in [6.07, 6.45) is -0.743. The Bertz CT molecular complexity index is 829. The first-order chi connectivity index (χ1) is 13.0. The molecular formula is C19H25ClN2O6. The molecule has 1 fully saturated rings. The third kappa shape index (κ3) is 4.64. The van der Waals surface area contributed by atoms with Crippen molar-refractivity contribution in [2.45, 2.75) is 19.1 Å². The lowest BCUT2D eigenvalue weighted by Crippen LogP contribution is -2.47. The van der Waals surface area contributed by atoms with Crippen LogP contribution in [0.4, 0.5) is 0 Å². The summed E-state index contributed by atoms with van der Waals surface area (Å²) in [5.74, 6) is -0.807. The topological polar surface area (TPSA) is 94.1 Å². The van der Waals surface area contributed by atoms with Crippen LogP contribution in [0.5, 0.6) is 0 Å². The maximum Gasteiger partial charge on any atom is 0.332 e. The van der Waals surface area contributed by atoms with Crippen LogP contribution in [0.3, 0.4) is 0 Å². The molecule has 1 aliphatic heterocycles. The van der Waals surface area contributed by atoms with Crippen molar-refractivity contribution in [2.24, 2.45) is 0 Å². The zero-order valence-electron chi connectivity index (χ0n) is 15.9. The number of aliphatic carboxylic acids is 1. The van der Waals surface area contributed by atoms with E-state index in [4.69, 9.17) is 14.0 Å². The van der Waals surface area contributed by atoms with Crippen molar-refractivity contribution in [3.63, 3.8) is 0 Å². The van der Waals surface area contributed by atoms with Crippen LogP contribution in [0.1, 0.15) is 11.6 Å². The van der Waals surface area contributed by atoms with Crippen molar-refractivity contribution >= 4 is 18.4 Å². The van der Waals surface area contributed by atoms with Crippen molar-refractivity contribution in [2.75, 3.05) is 40.0 Å². The number of methoxy groups -OCH3 is 1. The summed E-state index contributed by atoms with van der Waals surface area (Å²) in [4.78, 5) is 26.8. The van der Waals surface area contributed by atoms with E-state index in [1.807, 2.05) is 30.3 Å². The van der Waals surface area contributed by atoms with Crippen molar-refractivity contribution in [1.82, 2.24) is 9.64 Å². The molecule has 28 heavy (non-hydrogen) atoms. The Morgan fingerprint density at radius 1 is 1.25 bits per heavy atom. The number of morpholine rings is 1. The number of aromatic nitrogens is 1. The van der Waals surface area contributed by atoms with E-state index in [9.17, 15) is 14.7 Å². The molecule has 154 valence electrons. The van der Waals surface area contributed by atoms with Gasteiger partial charge in [-0.15, -0.1) is 12.4 Å². The number of nitrogens with zero attached hydrogens (tertiary/aromatic N) is 2. The van der Waals surface area contributed by atoms with Gasteiger partial charge in [-0.05, 0) is 6.92 Å². The molecule has 8 nitrogen and oxygen atoms in total. The summed E-state index contributed by atoms with van der Waals surface area (Å²) >= 11 is 0. The van der Waals surface area contributed by atoms with E-state index >= 15 is 0 Å². The van der Waals surface area contributed by atoms with Gasteiger partial charge in [-0.25, -0.2) is 4.79 Å². The van der Waals surface area contributed by atoms with E-state index in [-0.39, 0.29) is 12.4 Å². The summed E-state index contributed by atoms with van der Waals surface area (Å²) in [5, 5.41) is 9.81. The molecule has 1 saturated heterocycles. The van der Waals surface area contributed by atoms with Gasteiger partial charge < -0.3 is 19.1 Å². The number of hydrogen-bond acceptors (Lipinski definition) is 6. The first kappa shape index (κ1) is 22.2. The van der Waals surface area contributed by atoms with Crippen LogP contribution < -0.4 is 5.56 Å². The van der Waals surface area contributed by atoms with Gasteiger partial charge in [-0.1, -0.05) is 30.3 Å². The highest BCUT2D eigenvalue weighted by Gasteiger charge is 2.36. The molecule has 2 aromatic rings. The predicted octanol–water partition coefficient (Wildman–Crippen LogP) is 1.81. The Kier molecular flexibility index (Phi) is 7.82. The number of carbonyl (C=O) groups is 1. The number of benzene rings is 1. The normalized spacial score (nSPS) is 16.9. The zero-order chi connectivity index (χ0) is 19.4. The Morgan fingerprint density at radius 2 is 1.89 bits per heavy atom. The van der Waals surface area contributed by atoms with Gasteiger partial charge in [0.05, 0.1) is 18.8 Å². The molecule has 9 heteroatoms. The number of rotatable bonds is 7. The number of ether oxygens (including phenoxy) is 2. The van der Waals surface area contributed by atoms with Crippen molar-refractivity contribution in [1.29, 1.82) is 0 Å². The molecule has 1 aromatic carbocycles. The molecule has 2 unspecified atom stereocenters. The first-order valence-electron chi connectivity index (χ1n) is 8.86. The number of carboxylic acids is 1. The van der Waals surface area contributed by atoms with E-state index in [2.05, 4.69) is 4.90 Å². The van der Waals surface area contributed by atoms with Crippen molar-refractivity contribution in [3.8, 4) is 11.3 Å². The van der Waals surface area contributed by atoms with Gasteiger partial charge in [0, 0.05) is 32.3 Å². The second-order valence-corrected chi connectivity index (χ2v) is 6.51. The van der Waals surface area contributed by atoms with Crippen LogP contribution in [-0.2, 0) is 14.3 Å². The van der Waals surface area contributed by atoms with Gasteiger partial charge in [0.1, 0.15) is 6.10 Å². The van der Waals surface area contributed by atoms with Crippen molar-refractivity contribution in [3.05, 3.63) is 46.2 Å². The number of carboxylic acid groups (broad SMARTS) is 1. The minimum absolute atomic E-state index is 0. The average molecular weight is 413 g/mol. The summed E-state index contributed by atoms with van der Waals surface area (Å²) in [5.41, 5.74) is 0.621. The average Bonchev–Trinajstić information content (AvgIpc) is 2.97. The molecule has 0 aliphatic carbocycles. The molecule has 0 bridgehead atoms.